The molecule has 4 rings (SSSR count). The first-order valence-corrected chi connectivity index (χ1v) is 10.5. The summed E-state index contributed by atoms with van der Waals surface area (Å²) in [7, 11) is 0. The van der Waals surface area contributed by atoms with Crippen LogP contribution in [-0.2, 0) is 17.4 Å². The van der Waals surface area contributed by atoms with E-state index in [0.717, 1.165) is 12.8 Å². The van der Waals surface area contributed by atoms with Crippen LogP contribution in [-0.4, -0.2) is 0 Å². The van der Waals surface area contributed by atoms with Gasteiger partial charge in [-0.1, -0.05) is 50.6 Å². The first kappa shape index (κ1) is 18.2. The molecule has 1 nitrogen and oxygen atoms in total. The summed E-state index contributed by atoms with van der Waals surface area (Å²) >= 11 is 0. The van der Waals surface area contributed by atoms with Crippen molar-refractivity contribution >= 4 is 10.8 Å². The lowest BCUT2D eigenvalue weighted by Gasteiger charge is -2.44. The molecule has 2 heterocycles. The van der Waals surface area contributed by atoms with E-state index < -0.39 is 0 Å². The Morgan fingerprint density at radius 2 is 1.63 bits per heavy atom. The Morgan fingerprint density at radius 1 is 0.852 bits per heavy atom. The molecule has 0 amide bonds. The smallest absolute Gasteiger partial charge is 0.192 e. The van der Waals surface area contributed by atoms with E-state index in [1.165, 1.54) is 46.0 Å². The summed E-state index contributed by atoms with van der Waals surface area (Å²) in [6.07, 6.45) is 7.12. The maximum atomic E-state index is 2.55. The van der Waals surface area contributed by atoms with E-state index in [4.69, 9.17) is 0 Å². The van der Waals surface area contributed by atoms with Crippen LogP contribution >= 0.6 is 0 Å². The highest BCUT2D eigenvalue weighted by molar-refractivity contribution is 5.96. The Labute approximate surface area is 164 Å². The third kappa shape index (κ3) is 2.47. The number of hydrogen-bond acceptors (Lipinski definition) is 0. The minimum Gasteiger partial charge on any atom is -0.192 e. The molecule has 1 atom stereocenters. The summed E-state index contributed by atoms with van der Waals surface area (Å²) < 4.78 is 2.55. The van der Waals surface area contributed by atoms with Gasteiger partial charge in [-0.25, -0.2) is 0 Å². The minimum atomic E-state index is 0.0129. The highest BCUT2D eigenvalue weighted by Crippen LogP contribution is 2.49. The molecule has 1 aliphatic heterocycles. The molecule has 0 radical (unpaired) electrons. The maximum Gasteiger partial charge on any atom is 0.221 e. The second-order valence-corrected chi connectivity index (χ2v) is 8.81. The number of rotatable bonds is 4. The molecule has 3 aromatic rings. The van der Waals surface area contributed by atoms with Crippen LogP contribution in [0.3, 0.4) is 0 Å². The molecule has 0 fully saturated rings. The number of benzene rings is 2. The van der Waals surface area contributed by atoms with Crippen LogP contribution in [0, 0.1) is 0 Å². The lowest BCUT2D eigenvalue weighted by molar-refractivity contribution is -0.759. The Kier molecular flexibility index (Phi) is 4.37. The fraction of sp³-hybridized carbons (Fsp3) is 0.423. The quantitative estimate of drug-likeness (QED) is 0.465. The van der Waals surface area contributed by atoms with Gasteiger partial charge >= 0.3 is 0 Å². The zero-order chi connectivity index (χ0) is 19.2. The van der Waals surface area contributed by atoms with Crippen molar-refractivity contribution in [3.8, 4) is 11.3 Å². The number of aryl methyl sites for hydroxylation is 1. The molecule has 1 heteroatoms. The summed E-state index contributed by atoms with van der Waals surface area (Å²) in [5.41, 5.74) is 5.88. The second kappa shape index (κ2) is 6.48. The van der Waals surface area contributed by atoms with E-state index in [0.29, 0.717) is 0 Å². The molecule has 2 aromatic carbocycles. The SMILES string of the molecule is CCCCc1cccc2c3[n+](ccc12)C(C)(C)C(C)(CC)c1ccccc1-3. The molecule has 1 aromatic heterocycles. The van der Waals surface area contributed by atoms with E-state index in [9.17, 15) is 0 Å². The van der Waals surface area contributed by atoms with E-state index >= 15 is 0 Å². The normalized spacial score (nSPS) is 20.3. The average molecular weight is 359 g/mol. The van der Waals surface area contributed by atoms with Crippen LogP contribution in [0.25, 0.3) is 22.0 Å². The molecule has 1 unspecified atom stereocenters. The van der Waals surface area contributed by atoms with Gasteiger partial charge in [-0.3, -0.25) is 0 Å². The van der Waals surface area contributed by atoms with Gasteiger partial charge in [-0.2, -0.15) is 4.57 Å². The van der Waals surface area contributed by atoms with Crippen molar-refractivity contribution in [2.45, 2.75) is 71.3 Å². The van der Waals surface area contributed by atoms with Gasteiger partial charge in [0.25, 0.3) is 0 Å². The highest BCUT2D eigenvalue weighted by Gasteiger charge is 2.54. The molecule has 0 bridgehead atoms. The molecule has 0 aliphatic carbocycles. The summed E-state index contributed by atoms with van der Waals surface area (Å²) in [6.45, 7) is 11.8. The van der Waals surface area contributed by atoms with Gasteiger partial charge < -0.3 is 0 Å². The van der Waals surface area contributed by atoms with Gasteiger partial charge in [-0.15, -0.1) is 0 Å². The highest BCUT2D eigenvalue weighted by atomic mass is 15.1. The Morgan fingerprint density at radius 3 is 2.37 bits per heavy atom. The van der Waals surface area contributed by atoms with Gasteiger partial charge in [0.05, 0.1) is 16.4 Å². The number of fused-ring (bicyclic) bond motifs is 5. The van der Waals surface area contributed by atoms with Crippen LogP contribution in [0.2, 0.25) is 0 Å². The molecule has 0 saturated heterocycles. The van der Waals surface area contributed by atoms with Crippen LogP contribution in [0.4, 0.5) is 0 Å². The van der Waals surface area contributed by atoms with E-state index in [1.54, 1.807) is 0 Å². The molecular weight excluding hydrogens is 326 g/mol. The standard InChI is InChI=1S/C26H32N/c1-6-8-12-19-13-11-15-21-20(19)17-18-27-24(21)22-14-9-10-16-23(22)26(5,7-2)25(27,3)4/h9-11,13-18H,6-8,12H2,1-5H3/q+1. The Hall–Kier alpha value is -2.15. The molecular formula is C26H32N+. The summed E-state index contributed by atoms with van der Waals surface area (Å²) in [6, 6.07) is 18.3. The summed E-state index contributed by atoms with van der Waals surface area (Å²) in [5.74, 6) is 0. The predicted molar refractivity (Wildman–Crippen MR) is 115 cm³/mol. The predicted octanol–water partition coefficient (Wildman–Crippen LogP) is 6.55. The Balaban J connectivity index is 2.08. The van der Waals surface area contributed by atoms with Crippen molar-refractivity contribution < 1.29 is 4.57 Å². The van der Waals surface area contributed by atoms with Gasteiger partial charge in [0.15, 0.2) is 11.7 Å². The van der Waals surface area contributed by atoms with Crippen LogP contribution < -0.4 is 4.57 Å². The fourth-order valence-electron chi connectivity index (χ4n) is 5.08. The second-order valence-electron chi connectivity index (χ2n) is 8.81. The van der Waals surface area contributed by atoms with Gasteiger partial charge in [0.1, 0.15) is 0 Å². The van der Waals surface area contributed by atoms with Crippen molar-refractivity contribution in [3.05, 3.63) is 65.9 Å². The van der Waals surface area contributed by atoms with Gasteiger partial charge in [-0.05, 0) is 54.8 Å². The average Bonchev–Trinajstić information content (AvgIpc) is 2.69. The molecule has 0 saturated carbocycles. The van der Waals surface area contributed by atoms with Crippen LogP contribution in [0.15, 0.2) is 54.7 Å². The van der Waals surface area contributed by atoms with Crippen molar-refractivity contribution in [1.29, 1.82) is 0 Å². The summed E-state index contributed by atoms with van der Waals surface area (Å²) in [4.78, 5) is 0. The zero-order valence-electron chi connectivity index (χ0n) is 17.5. The molecule has 1 aliphatic rings. The molecule has 0 N–H and O–H groups in total. The Bertz CT molecular complexity index is 998. The monoisotopic (exact) mass is 358 g/mol. The molecule has 27 heavy (non-hydrogen) atoms. The van der Waals surface area contributed by atoms with Gasteiger partial charge in [0, 0.05) is 19.9 Å². The first-order valence-electron chi connectivity index (χ1n) is 10.5. The van der Waals surface area contributed by atoms with Crippen molar-refractivity contribution in [2.75, 3.05) is 0 Å². The van der Waals surface area contributed by atoms with E-state index in [-0.39, 0.29) is 11.0 Å². The number of hydrogen-bond donors (Lipinski definition) is 0. The van der Waals surface area contributed by atoms with Crippen LogP contribution in [0.5, 0.6) is 0 Å². The first-order chi connectivity index (χ1) is 13.0. The van der Waals surface area contributed by atoms with Gasteiger partial charge in [0.2, 0.25) is 5.69 Å². The topological polar surface area (TPSA) is 3.88 Å². The lowest BCUT2D eigenvalue weighted by atomic mass is 9.62. The van der Waals surface area contributed by atoms with E-state index in [2.05, 4.69) is 93.9 Å². The maximum absolute atomic E-state index is 2.55. The number of pyridine rings is 1. The summed E-state index contributed by atoms with van der Waals surface area (Å²) in [5, 5.41) is 2.81. The third-order valence-electron chi connectivity index (χ3n) is 7.32. The lowest BCUT2D eigenvalue weighted by Crippen LogP contribution is -2.66. The fourth-order valence-corrected chi connectivity index (χ4v) is 5.08. The number of nitrogens with zero attached hydrogens (tertiary/aromatic N) is 1. The van der Waals surface area contributed by atoms with Crippen molar-refractivity contribution in [3.63, 3.8) is 0 Å². The zero-order valence-corrected chi connectivity index (χ0v) is 17.5. The van der Waals surface area contributed by atoms with Crippen LogP contribution in [0.1, 0.15) is 65.0 Å². The minimum absolute atomic E-state index is 0.0129. The van der Waals surface area contributed by atoms with Crippen molar-refractivity contribution in [1.82, 2.24) is 0 Å². The largest absolute Gasteiger partial charge is 0.221 e. The number of aromatic nitrogens is 1. The third-order valence-corrected chi connectivity index (χ3v) is 7.32. The molecule has 0 spiro atoms. The molecule has 140 valence electrons. The number of unbranched alkanes of at least 4 members (excludes halogenated alkanes) is 1. The van der Waals surface area contributed by atoms with E-state index in [1.807, 2.05) is 0 Å². The van der Waals surface area contributed by atoms with Crippen molar-refractivity contribution in [2.24, 2.45) is 0 Å².